The van der Waals surface area contributed by atoms with Crippen molar-refractivity contribution in [1.82, 2.24) is 0 Å². The van der Waals surface area contributed by atoms with E-state index < -0.39 is 0 Å². The second-order valence-electron chi connectivity index (χ2n) is 3.44. The molecule has 16 heavy (non-hydrogen) atoms. The van der Waals surface area contributed by atoms with E-state index in [2.05, 4.69) is 0 Å². The molecule has 1 N–H and O–H groups in total. The van der Waals surface area contributed by atoms with Crippen molar-refractivity contribution in [2.24, 2.45) is 0 Å². The zero-order valence-corrected chi connectivity index (χ0v) is 11.1. The van der Waals surface area contributed by atoms with Gasteiger partial charge in [0.1, 0.15) is 11.5 Å². The molecule has 0 aliphatic heterocycles. The minimum Gasteiger partial charge on any atom is -0.496 e. The van der Waals surface area contributed by atoms with Crippen molar-refractivity contribution in [3.63, 3.8) is 0 Å². The van der Waals surface area contributed by atoms with E-state index in [-0.39, 0.29) is 0 Å². The van der Waals surface area contributed by atoms with Crippen LogP contribution in [0.25, 0.3) is 0 Å². The van der Waals surface area contributed by atoms with Gasteiger partial charge in [-0.15, -0.1) is 11.8 Å². The average molecular weight is 239 g/mol. The number of methoxy groups -OCH3 is 2. The molecule has 0 bridgehead atoms. The lowest BCUT2D eigenvalue weighted by molar-refractivity contribution is 0.397. The predicted octanol–water partition coefficient (Wildman–Crippen LogP) is 3.01. The number of ether oxygens (including phenoxy) is 2. The van der Waals surface area contributed by atoms with Gasteiger partial charge in [0.05, 0.1) is 24.8 Å². The Balaban J connectivity index is 3.47. The van der Waals surface area contributed by atoms with Gasteiger partial charge in [-0.25, -0.2) is 0 Å². The van der Waals surface area contributed by atoms with Gasteiger partial charge in [0.2, 0.25) is 0 Å². The lowest BCUT2D eigenvalue weighted by atomic mass is 10.0. The normalized spacial score (nSPS) is 10.1. The van der Waals surface area contributed by atoms with E-state index in [1.54, 1.807) is 14.2 Å². The minimum absolute atomic E-state index is 0.484. The standard InChI is InChI=1S/C12H17NO2S/c1-7-8(2)11(15-4)9(12(13)16-5)6-10(7)14-3/h6,13H,1-5H3. The molecule has 0 unspecified atom stereocenters. The molecule has 0 atom stereocenters. The fourth-order valence-corrected chi connectivity index (χ4v) is 1.99. The first kappa shape index (κ1) is 12.9. The zero-order chi connectivity index (χ0) is 12.3. The molecule has 1 aromatic rings. The Morgan fingerprint density at radius 1 is 1.19 bits per heavy atom. The number of nitrogens with one attached hydrogen (secondary N) is 1. The molecular weight excluding hydrogens is 222 g/mol. The molecule has 0 spiro atoms. The van der Waals surface area contributed by atoms with Crippen molar-refractivity contribution in [2.45, 2.75) is 13.8 Å². The first-order valence-corrected chi connectivity index (χ1v) is 6.14. The Morgan fingerprint density at radius 3 is 2.25 bits per heavy atom. The van der Waals surface area contributed by atoms with Gasteiger partial charge in [0, 0.05) is 0 Å². The van der Waals surface area contributed by atoms with E-state index in [0.717, 1.165) is 28.2 Å². The van der Waals surface area contributed by atoms with Crippen molar-refractivity contribution in [3.05, 3.63) is 22.8 Å². The van der Waals surface area contributed by atoms with Gasteiger partial charge in [0.15, 0.2) is 0 Å². The van der Waals surface area contributed by atoms with Crippen LogP contribution >= 0.6 is 11.8 Å². The van der Waals surface area contributed by atoms with Gasteiger partial charge in [-0.05, 0) is 37.3 Å². The molecule has 3 nitrogen and oxygen atoms in total. The Labute approximate surface area is 101 Å². The molecule has 0 radical (unpaired) electrons. The highest BCUT2D eigenvalue weighted by Gasteiger charge is 2.16. The van der Waals surface area contributed by atoms with Crippen molar-refractivity contribution in [3.8, 4) is 11.5 Å². The van der Waals surface area contributed by atoms with Crippen molar-refractivity contribution in [2.75, 3.05) is 20.5 Å². The summed E-state index contributed by atoms with van der Waals surface area (Å²) < 4.78 is 10.7. The lowest BCUT2D eigenvalue weighted by Gasteiger charge is -2.16. The highest BCUT2D eigenvalue weighted by atomic mass is 32.2. The topological polar surface area (TPSA) is 42.3 Å². The number of thioether (sulfide) groups is 1. The van der Waals surface area contributed by atoms with Crippen LogP contribution in [0.1, 0.15) is 16.7 Å². The molecule has 88 valence electrons. The molecule has 0 aliphatic carbocycles. The third-order valence-corrected chi connectivity index (χ3v) is 3.29. The summed E-state index contributed by atoms with van der Waals surface area (Å²) in [4.78, 5) is 0. The first-order valence-electron chi connectivity index (χ1n) is 4.91. The van der Waals surface area contributed by atoms with Gasteiger partial charge < -0.3 is 9.47 Å². The van der Waals surface area contributed by atoms with Crippen molar-refractivity contribution in [1.29, 1.82) is 5.41 Å². The molecule has 0 fully saturated rings. The minimum atomic E-state index is 0.484. The highest BCUT2D eigenvalue weighted by Crippen LogP contribution is 2.34. The monoisotopic (exact) mass is 239 g/mol. The van der Waals surface area contributed by atoms with E-state index in [4.69, 9.17) is 14.9 Å². The Morgan fingerprint density at radius 2 is 1.81 bits per heavy atom. The summed E-state index contributed by atoms with van der Waals surface area (Å²) in [5.74, 6) is 1.56. The summed E-state index contributed by atoms with van der Waals surface area (Å²) in [7, 11) is 3.27. The molecular formula is C12H17NO2S. The van der Waals surface area contributed by atoms with Crippen LogP contribution in [0.5, 0.6) is 11.5 Å². The summed E-state index contributed by atoms with van der Waals surface area (Å²) in [5, 5.41) is 8.37. The number of hydrogen-bond donors (Lipinski definition) is 1. The first-order chi connectivity index (χ1) is 7.56. The number of rotatable bonds is 3. The average Bonchev–Trinajstić information content (AvgIpc) is 2.31. The molecule has 0 amide bonds. The van der Waals surface area contributed by atoms with Crippen LogP contribution in [-0.4, -0.2) is 25.5 Å². The van der Waals surface area contributed by atoms with Gasteiger partial charge in [-0.3, -0.25) is 5.41 Å². The molecule has 1 aromatic carbocycles. The van der Waals surface area contributed by atoms with Crippen LogP contribution in [-0.2, 0) is 0 Å². The van der Waals surface area contributed by atoms with E-state index in [9.17, 15) is 0 Å². The summed E-state index contributed by atoms with van der Waals surface area (Å²) >= 11 is 1.39. The van der Waals surface area contributed by atoms with Gasteiger partial charge in [0.25, 0.3) is 0 Å². The van der Waals surface area contributed by atoms with Crippen molar-refractivity contribution < 1.29 is 9.47 Å². The summed E-state index contributed by atoms with van der Waals surface area (Å²) in [5.41, 5.74) is 2.86. The molecule has 0 aromatic heterocycles. The van der Waals surface area contributed by atoms with Crippen LogP contribution < -0.4 is 9.47 Å². The van der Waals surface area contributed by atoms with Gasteiger partial charge in [-0.2, -0.15) is 0 Å². The molecule has 0 saturated heterocycles. The predicted molar refractivity (Wildman–Crippen MR) is 69.4 cm³/mol. The Hall–Kier alpha value is -1.16. The molecule has 0 saturated carbocycles. The number of hydrogen-bond acceptors (Lipinski definition) is 4. The van der Waals surface area contributed by atoms with Crippen LogP contribution in [0.15, 0.2) is 6.07 Å². The van der Waals surface area contributed by atoms with E-state index in [0.29, 0.717) is 5.04 Å². The van der Waals surface area contributed by atoms with Gasteiger partial charge >= 0.3 is 0 Å². The summed E-state index contributed by atoms with van der Waals surface area (Å²) in [6.07, 6.45) is 1.88. The number of benzene rings is 1. The molecule has 1 rings (SSSR count). The lowest BCUT2D eigenvalue weighted by Crippen LogP contribution is -2.03. The van der Waals surface area contributed by atoms with E-state index in [1.807, 2.05) is 26.2 Å². The summed E-state index contributed by atoms with van der Waals surface area (Å²) in [6, 6.07) is 1.86. The Kier molecular flexibility index (Phi) is 4.24. The fraction of sp³-hybridized carbons (Fsp3) is 0.417. The van der Waals surface area contributed by atoms with Gasteiger partial charge in [-0.1, -0.05) is 0 Å². The smallest absolute Gasteiger partial charge is 0.132 e. The summed E-state index contributed by atoms with van der Waals surface area (Å²) in [6.45, 7) is 3.97. The second-order valence-corrected chi connectivity index (χ2v) is 4.26. The maximum Gasteiger partial charge on any atom is 0.132 e. The Bertz CT molecular complexity index is 416. The molecule has 4 heteroatoms. The largest absolute Gasteiger partial charge is 0.496 e. The third-order valence-electron chi connectivity index (χ3n) is 2.67. The van der Waals surface area contributed by atoms with Crippen LogP contribution in [0.3, 0.4) is 0 Å². The van der Waals surface area contributed by atoms with Crippen LogP contribution in [0, 0.1) is 19.3 Å². The molecule has 0 heterocycles. The maximum atomic E-state index is 7.89. The second kappa shape index (κ2) is 5.25. The maximum absolute atomic E-state index is 7.89. The molecule has 0 aliphatic rings. The van der Waals surface area contributed by atoms with Crippen LogP contribution in [0.4, 0.5) is 0 Å². The quantitative estimate of drug-likeness (QED) is 0.651. The highest BCUT2D eigenvalue weighted by molar-refractivity contribution is 8.13. The SMILES string of the molecule is COc1cc(C(=N)SC)c(OC)c(C)c1C. The van der Waals surface area contributed by atoms with Crippen LogP contribution in [0.2, 0.25) is 0 Å². The van der Waals surface area contributed by atoms with E-state index in [1.165, 1.54) is 11.8 Å². The zero-order valence-electron chi connectivity index (χ0n) is 10.3. The third kappa shape index (κ3) is 2.16. The van der Waals surface area contributed by atoms with Crippen molar-refractivity contribution >= 4 is 16.8 Å². The van der Waals surface area contributed by atoms with E-state index >= 15 is 0 Å². The fourth-order valence-electron chi connectivity index (χ4n) is 1.62.